The number of piperazine rings is 1. The van der Waals surface area contributed by atoms with Crippen molar-refractivity contribution in [2.75, 3.05) is 62.8 Å². The molecule has 372 valence electrons. The minimum atomic E-state index is -1.56. The molecule has 0 aliphatic carbocycles. The molecule has 3 aromatic carbocycles. The summed E-state index contributed by atoms with van der Waals surface area (Å²) < 4.78 is 19.2. The predicted molar refractivity (Wildman–Crippen MR) is 272 cm³/mol. The SMILES string of the molecule is C=C(COc1ccc2nc3c(cc2c1CO)Cn1c-3cc2c(c1=O)COC(=O)C2O)C(=O)N1CCN(c2nc(OCC3CCCN3C)nc3c2CCN(c2cccc4cccc(C)c24)C3)CC1CC#N.CC. The van der Waals surface area contributed by atoms with Crippen molar-refractivity contribution < 1.29 is 34.0 Å². The van der Waals surface area contributed by atoms with Gasteiger partial charge in [0.05, 0.1) is 66.4 Å². The van der Waals surface area contributed by atoms with E-state index in [2.05, 4.69) is 77.7 Å². The molecule has 3 unspecified atom stereocenters. The highest BCUT2D eigenvalue weighted by molar-refractivity contribution is 5.97. The lowest BCUT2D eigenvalue weighted by Gasteiger charge is -2.42. The Kier molecular flexibility index (Phi) is 13.4. The molecule has 5 aliphatic rings. The van der Waals surface area contributed by atoms with E-state index in [4.69, 9.17) is 29.2 Å². The molecule has 5 aliphatic heterocycles. The third-order valence-corrected chi connectivity index (χ3v) is 14.8. The molecule has 6 aromatic rings. The molecule has 0 saturated carbocycles. The maximum absolute atomic E-state index is 14.3. The summed E-state index contributed by atoms with van der Waals surface area (Å²) in [5, 5.41) is 34.3. The molecule has 2 N–H and O–H groups in total. The second-order valence-corrected chi connectivity index (χ2v) is 18.9. The van der Waals surface area contributed by atoms with Gasteiger partial charge in [0.1, 0.15) is 31.4 Å². The Morgan fingerprint density at radius 1 is 0.958 bits per heavy atom. The number of likely N-dealkylation sites (N-methyl/N-ethyl adjacent to an activating group) is 1. The number of carbonyl (C=O) groups is 2. The summed E-state index contributed by atoms with van der Waals surface area (Å²) in [7, 11) is 2.12. The van der Waals surface area contributed by atoms with Crippen LogP contribution in [-0.2, 0) is 47.1 Å². The topological polar surface area (TPSA) is 200 Å². The van der Waals surface area contributed by atoms with Gasteiger partial charge in [-0.05, 0) is 81.1 Å². The first kappa shape index (κ1) is 48.2. The summed E-state index contributed by atoms with van der Waals surface area (Å²) in [6.07, 6.45) is 1.41. The number of ether oxygens (including phenoxy) is 3. The zero-order valence-corrected chi connectivity index (χ0v) is 41.2. The number of rotatable bonds is 11. The molecule has 0 bridgehead atoms. The van der Waals surface area contributed by atoms with Gasteiger partial charge in [-0.1, -0.05) is 50.8 Å². The van der Waals surface area contributed by atoms with E-state index in [-0.39, 0.29) is 60.4 Å². The van der Waals surface area contributed by atoms with Crippen LogP contribution in [0.1, 0.15) is 78.3 Å². The van der Waals surface area contributed by atoms with E-state index in [1.165, 1.54) is 26.6 Å². The van der Waals surface area contributed by atoms with E-state index >= 15 is 0 Å². The van der Waals surface area contributed by atoms with Crippen LogP contribution in [0.5, 0.6) is 11.8 Å². The van der Waals surface area contributed by atoms with Crippen LogP contribution in [0.4, 0.5) is 11.5 Å². The van der Waals surface area contributed by atoms with Crippen molar-refractivity contribution in [3.63, 3.8) is 0 Å². The quantitative estimate of drug-likeness (QED) is 0.115. The molecule has 3 aromatic heterocycles. The number of nitriles is 1. The first-order chi connectivity index (χ1) is 35.0. The van der Waals surface area contributed by atoms with Crippen molar-refractivity contribution in [2.24, 2.45) is 0 Å². The van der Waals surface area contributed by atoms with Crippen molar-refractivity contribution in [2.45, 2.75) is 90.9 Å². The van der Waals surface area contributed by atoms with Crippen LogP contribution < -0.4 is 24.8 Å². The number of hydrogen-bond acceptors (Lipinski definition) is 15. The summed E-state index contributed by atoms with van der Waals surface area (Å²) >= 11 is 0. The standard InChI is InChI=1S/C53H53N9O8.C2H6/c1-30-7-4-8-32-9-5-11-43(46(30)32)59-18-15-36-42(25-59)56-53(70-28-35-10-6-17-58(35)3)57-49(36)60-19-20-61(34(24-60)14-16-54)50(65)31(2)27-68-45-13-12-41-37(39(45)26-63)21-33-23-62-44(47(33)55-41)22-38-40(51(62)66)29-69-52(67)48(38)64;1-2/h4-5,7-9,11-13,21-22,34-35,48,63-64H,2,6,10,14-15,17-20,23-29H2,1,3H3;1-2H3. The Hall–Kier alpha value is -7.39. The number of anilines is 2. The number of hydrogen-bond donors (Lipinski definition) is 2. The Morgan fingerprint density at radius 2 is 1.78 bits per heavy atom. The van der Waals surface area contributed by atoms with Crippen LogP contribution >= 0.6 is 0 Å². The highest BCUT2D eigenvalue weighted by Crippen LogP contribution is 2.39. The molecule has 1 amide bonds. The second-order valence-electron chi connectivity index (χ2n) is 18.9. The number of esters is 1. The average molecular weight is 974 g/mol. The molecule has 3 atom stereocenters. The minimum absolute atomic E-state index is 0.0942. The molecule has 17 heteroatoms. The third-order valence-electron chi connectivity index (χ3n) is 14.8. The summed E-state index contributed by atoms with van der Waals surface area (Å²) in [6.45, 7) is 13.7. The molecule has 17 nitrogen and oxygen atoms in total. The number of aliphatic hydroxyl groups is 2. The number of amides is 1. The van der Waals surface area contributed by atoms with Gasteiger partial charge in [-0.3, -0.25) is 9.59 Å². The number of likely N-dealkylation sites (tertiary alicyclic amines) is 1. The predicted octanol–water partition coefficient (Wildman–Crippen LogP) is 5.89. The van der Waals surface area contributed by atoms with Crippen molar-refractivity contribution >= 4 is 45.1 Å². The van der Waals surface area contributed by atoms with Crippen molar-refractivity contribution in [3.05, 3.63) is 122 Å². The maximum atomic E-state index is 14.3. The third kappa shape index (κ3) is 8.67. The molecule has 0 spiro atoms. The summed E-state index contributed by atoms with van der Waals surface area (Å²) in [4.78, 5) is 63.4. The van der Waals surface area contributed by atoms with Gasteiger partial charge in [0.25, 0.3) is 11.5 Å². The van der Waals surface area contributed by atoms with Crippen LogP contribution in [0.3, 0.4) is 0 Å². The van der Waals surface area contributed by atoms with Gasteiger partial charge in [0.2, 0.25) is 0 Å². The van der Waals surface area contributed by atoms with E-state index in [1.807, 2.05) is 19.9 Å². The normalized spacial score (nSPS) is 19.2. The number of cyclic esters (lactones) is 1. The minimum Gasteiger partial charge on any atom is -0.488 e. The van der Waals surface area contributed by atoms with Crippen molar-refractivity contribution in [1.82, 2.24) is 29.3 Å². The largest absolute Gasteiger partial charge is 0.488 e. The summed E-state index contributed by atoms with van der Waals surface area (Å²) in [6, 6.07) is 22.1. The number of pyridine rings is 2. The maximum Gasteiger partial charge on any atom is 0.340 e. The molecule has 8 heterocycles. The van der Waals surface area contributed by atoms with Gasteiger partial charge in [-0.25, -0.2) is 9.78 Å². The van der Waals surface area contributed by atoms with Crippen LogP contribution in [0.15, 0.2) is 77.6 Å². The lowest BCUT2D eigenvalue weighted by molar-refractivity contribution is -0.157. The summed E-state index contributed by atoms with van der Waals surface area (Å²) in [5.74, 6) is -0.0234. The zero-order valence-electron chi connectivity index (χ0n) is 41.2. The number of aliphatic hydroxyl groups excluding tert-OH is 2. The fourth-order valence-corrected chi connectivity index (χ4v) is 11.0. The van der Waals surface area contributed by atoms with Crippen LogP contribution in [0.25, 0.3) is 33.1 Å². The first-order valence-corrected chi connectivity index (χ1v) is 24.9. The first-order valence-electron chi connectivity index (χ1n) is 24.9. The lowest BCUT2D eigenvalue weighted by Crippen LogP contribution is -2.56. The highest BCUT2D eigenvalue weighted by Gasteiger charge is 2.37. The van der Waals surface area contributed by atoms with Crippen LogP contribution in [-0.4, -0.2) is 116 Å². The van der Waals surface area contributed by atoms with Gasteiger partial charge in [0.15, 0.2) is 6.10 Å². The monoisotopic (exact) mass is 973 g/mol. The molecule has 0 radical (unpaired) electrons. The van der Waals surface area contributed by atoms with E-state index < -0.39 is 24.7 Å². The number of nitrogens with zero attached hydrogens (tertiary/aromatic N) is 9. The zero-order chi connectivity index (χ0) is 50.4. The van der Waals surface area contributed by atoms with Gasteiger partial charge >= 0.3 is 12.0 Å². The number of aryl methyl sites for hydroxylation is 1. The Morgan fingerprint density at radius 3 is 2.56 bits per heavy atom. The van der Waals surface area contributed by atoms with Crippen molar-refractivity contribution in [3.8, 4) is 29.2 Å². The molecule has 11 rings (SSSR count). The van der Waals surface area contributed by atoms with Crippen LogP contribution in [0.2, 0.25) is 0 Å². The second kappa shape index (κ2) is 20.0. The van der Waals surface area contributed by atoms with E-state index in [1.54, 1.807) is 23.1 Å². The Bertz CT molecular complexity index is 3250. The van der Waals surface area contributed by atoms with Crippen molar-refractivity contribution in [1.29, 1.82) is 5.26 Å². The highest BCUT2D eigenvalue weighted by atomic mass is 16.5. The molecule has 2 fully saturated rings. The fourth-order valence-electron chi connectivity index (χ4n) is 11.0. The molecule has 72 heavy (non-hydrogen) atoms. The molecular formula is C55H59N9O8. The number of carbonyl (C=O) groups excluding carboxylic acids is 2. The Balaban J connectivity index is 0.00000295. The van der Waals surface area contributed by atoms with Gasteiger partial charge in [-0.15, -0.1) is 0 Å². The van der Waals surface area contributed by atoms with Crippen LogP contribution in [0, 0.1) is 18.3 Å². The molecular weight excluding hydrogens is 915 g/mol. The smallest absolute Gasteiger partial charge is 0.340 e. The summed E-state index contributed by atoms with van der Waals surface area (Å²) in [5.41, 5.74) is 7.28. The average Bonchev–Trinajstić information content (AvgIpc) is 3.99. The molecule has 2 saturated heterocycles. The number of aromatic nitrogens is 4. The van der Waals surface area contributed by atoms with E-state index in [0.717, 1.165) is 43.0 Å². The number of benzene rings is 3. The number of fused-ring (bicyclic) bond motifs is 7. The van der Waals surface area contributed by atoms with Gasteiger partial charge in [-0.2, -0.15) is 15.2 Å². The van der Waals surface area contributed by atoms with Gasteiger partial charge < -0.3 is 48.6 Å². The fraction of sp³-hybridized carbons (Fsp3) is 0.400. The lowest BCUT2D eigenvalue weighted by atomic mass is 9.99. The van der Waals surface area contributed by atoms with E-state index in [0.29, 0.717) is 84.4 Å². The van der Waals surface area contributed by atoms with Gasteiger partial charge in [0, 0.05) is 76.5 Å². The Labute approximate surface area is 417 Å². The van der Waals surface area contributed by atoms with E-state index in [9.17, 15) is 29.9 Å².